The van der Waals surface area contributed by atoms with Crippen molar-refractivity contribution in [3.63, 3.8) is 0 Å². The molecular weight excluding hydrogens is 166 g/mol. The summed E-state index contributed by atoms with van der Waals surface area (Å²) in [6.45, 7) is 2.09. The van der Waals surface area contributed by atoms with Gasteiger partial charge in [-0.3, -0.25) is 4.79 Å². The summed E-state index contributed by atoms with van der Waals surface area (Å²) < 4.78 is 6.57. The van der Waals surface area contributed by atoms with Crippen molar-refractivity contribution in [3.8, 4) is 0 Å². The molecule has 0 unspecified atom stereocenters. The van der Waals surface area contributed by atoms with Gasteiger partial charge in [0.1, 0.15) is 0 Å². The van der Waals surface area contributed by atoms with Crippen molar-refractivity contribution >= 4 is 5.97 Å². The lowest BCUT2D eigenvalue weighted by molar-refractivity contribution is -0.139. The number of hydrogen-bond donors (Lipinski definition) is 0. The van der Waals surface area contributed by atoms with Gasteiger partial charge in [0, 0.05) is 18.9 Å². The number of aromatic nitrogens is 1. The SMILES string of the molecule is CCc1cc(CC(=O)OC)n(C)c1. The Morgan fingerprint density at radius 3 is 2.77 bits per heavy atom. The zero-order valence-corrected chi connectivity index (χ0v) is 8.33. The predicted molar refractivity (Wildman–Crippen MR) is 50.5 cm³/mol. The van der Waals surface area contributed by atoms with Crippen LogP contribution in [0.3, 0.4) is 0 Å². The Labute approximate surface area is 78.3 Å². The highest BCUT2D eigenvalue weighted by atomic mass is 16.5. The first-order valence-corrected chi connectivity index (χ1v) is 4.38. The molecule has 0 fully saturated rings. The summed E-state index contributed by atoms with van der Waals surface area (Å²) in [7, 11) is 3.35. The molecule has 0 saturated heterocycles. The van der Waals surface area contributed by atoms with Gasteiger partial charge in [0.15, 0.2) is 0 Å². The lowest BCUT2D eigenvalue weighted by atomic mass is 10.2. The van der Waals surface area contributed by atoms with Gasteiger partial charge in [0.05, 0.1) is 13.5 Å². The van der Waals surface area contributed by atoms with Crippen LogP contribution < -0.4 is 0 Å². The van der Waals surface area contributed by atoms with E-state index in [4.69, 9.17) is 0 Å². The van der Waals surface area contributed by atoms with Gasteiger partial charge >= 0.3 is 5.97 Å². The smallest absolute Gasteiger partial charge is 0.311 e. The molecule has 1 heterocycles. The van der Waals surface area contributed by atoms with Crippen LogP contribution in [0, 0.1) is 0 Å². The fourth-order valence-electron chi connectivity index (χ4n) is 1.27. The van der Waals surface area contributed by atoms with Crippen molar-refractivity contribution in [2.24, 2.45) is 7.05 Å². The Morgan fingerprint density at radius 2 is 2.31 bits per heavy atom. The predicted octanol–water partition coefficient (Wildman–Crippen LogP) is 1.30. The molecule has 3 heteroatoms. The van der Waals surface area contributed by atoms with Gasteiger partial charge in [-0.05, 0) is 18.1 Å². The zero-order chi connectivity index (χ0) is 9.84. The summed E-state index contributed by atoms with van der Waals surface area (Å²) in [5, 5.41) is 0. The maximum Gasteiger partial charge on any atom is 0.311 e. The number of carbonyl (C=O) groups excluding carboxylic acids is 1. The summed E-state index contributed by atoms with van der Waals surface area (Å²) in [6.07, 6.45) is 3.39. The highest BCUT2D eigenvalue weighted by Crippen LogP contribution is 2.08. The lowest BCUT2D eigenvalue weighted by Gasteiger charge is -2.00. The van der Waals surface area contributed by atoms with E-state index in [0.29, 0.717) is 6.42 Å². The number of nitrogens with zero attached hydrogens (tertiary/aromatic N) is 1. The van der Waals surface area contributed by atoms with Gasteiger partial charge in [-0.2, -0.15) is 0 Å². The molecular formula is C10H15NO2. The van der Waals surface area contributed by atoms with Crippen LogP contribution in [0.15, 0.2) is 12.3 Å². The Bertz CT molecular complexity index is 302. The average Bonchev–Trinajstić information content (AvgIpc) is 2.47. The average molecular weight is 181 g/mol. The number of ether oxygens (including phenoxy) is 1. The number of methoxy groups -OCH3 is 1. The Morgan fingerprint density at radius 1 is 1.62 bits per heavy atom. The summed E-state index contributed by atoms with van der Waals surface area (Å²) in [6, 6.07) is 2.04. The van der Waals surface area contributed by atoms with Crippen molar-refractivity contribution in [1.29, 1.82) is 0 Å². The third-order valence-corrected chi connectivity index (χ3v) is 2.13. The molecule has 1 aromatic heterocycles. The van der Waals surface area contributed by atoms with Crippen molar-refractivity contribution in [1.82, 2.24) is 4.57 Å². The fraction of sp³-hybridized carbons (Fsp3) is 0.500. The second-order valence-corrected chi connectivity index (χ2v) is 3.06. The second-order valence-electron chi connectivity index (χ2n) is 3.06. The molecule has 0 atom stereocenters. The minimum Gasteiger partial charge on any atom is -0.469 e. The standard InChI is InChI=1S/C10H15NO2/c1-4-8-5-9(11(2)7-8)6-10(12)13-3/h5,7H,4,6H2,1-3H3. The summed E-state index contributed by atoms with van der Waals surface area (Å²) in [5.41, 5.74) is 2.25. The van der Waals surface area contributed by atoms with Crippen molar-refractivity contribution in [2.75, 3.05) is 7.11 Å². The molecule has 13 heavy (non-hydrogen) atoms. The van der Waals surface area contributed by atoms with Crippen LogP contribution in [0.5, 0.6) is 0 Å². The van der Waals surface area contributed by atoms with Crippen molar-refractivity contribution in [2.45, 2.75) is 19.8 Å². The van der Waals surface area contributed by atoms with Gasteiger partial charge in [-0.1, -0.05) is 6.92 Å². The van der Waals surface area contributed by atoms with Crippen LogP contribution in [0.2, 0.25) is 0 Å². The molecule has 0 spiro atoms. The third kappa shape index (κ3) is 2.34. The largest absolute Gasteiger partial charge is 0.469 e. The van der Waals surface area contributed by atoms with E-state index in [-0.39, 0.29) is 5.97 Å². The van der Waals surface area contributed by atoms with E-state index in [1.165, 1.54) is 12.7 Å². The summed E-state index contributed by atoms with van der Waals surface area (Å²) in [4.78, 5) is 11.0. The topological polar surface area (TPSA) is 31.2 Å². The van der Waals surface area contributed by atoms with E-state index in [2.05, 4.69) is 11.7 Å². The van der Waals surface area contributed by atoms with Crippen LogP contribution >= 0.6 is 0 Å². The highest BCUT2D eigenvalue weighted by molar-refractivity contribution is 5.71. The molecule has 0 aromatic carbocycles. The molecule has 0 aliphatic heterocycles. The molecule has 3 nitrogen and oxygen atoms in total. The minimum absolute atomic E-state index is 0.191. The van der Waals surface area contributed by atoms with Crippen LogP contribution in [0.4, 0.5) is 0 Å². The van der Waals surface area contributed by atoms with Gasteiger partial charge in [-0.15, -0.1) is 0 Å². The third-order valence-electron chi connectivity index (χ3n) is 2.13. The van der Waals surface area contributed by atoms with Gasteiger partial charge in [-0.25, -0.2) is 0 Å². The maximum absolute atomic E-state index is 11.0. The first kappa shape index (κ1) is 9.84. The first-order chi connectivity index (χ1) is 6.17. The van der Waals surface area contributed by atoms with Crippen LogP contribution in [-0.4, -0.2) is 17.6 Å². The number of aryl methyl sites for hydroxylation is 2. The molecule has 0 amide bonds. The number of carbonyl (C=O) groups is 1. The van der Waals surface area contributed by atoms with Crippen LogP contribution in [0.25, 0.3) is 0 Å². The number of rotatable bonds is 3. The highest BCUT2D eigenvalue weighted by Gasteiger charge is 2.07. The van der Waals surface area contributed by atoms with Gasteiger partial charge in [0.25, 0.3) is 0 Å². The van der Waals surface area contributed by atoms with E-state index >= 15 is 0 Å². The Kier molecular flexibility index (Phi) is 3.12. The molecule has 72 valence electrons. The number of esters is 1. The van der Waals surface area contributed by atoms with E-state index in [1.807, 2.05) is 23.9 Å². The molecule has 0 radical (unpaired) electrons. The lowest BCUT2D eigenvalue weighted by Crippen LogP contribution is -2.07. The van der Waals surface area contributed by atoms with Crippen molar-refractivity contribution < 1.29 is 9.53 Å². The molecule has 0 aliphatic rings. The van der Waals surface area contributed by atoms with E-state index in [0.717, 1.165) is 12.1 Å². The molecule has 0 N–H and O–H groups in total. The quantitative estimate of drug-likeness (QED) is 0.658. The minimum atomic E-state index is -0.191. The first-order valence-electron chi connectivity index (χ1n) is 4.38. The number of hydrogen-bond acceptors (Lipinski definition) is 2. The maximum atomic E-state index is 11.0. The Balaban J connectivity index is 2.76. The van der Waals surface area contributed by atoms with E-state index in [9.17, 15) is 4.79 Å². The molecule has 1 aromatic rings. The van der Waals surface area contributed by atoms with E-state index in [1.54, 1.807) is 0 Å². The monoisotopic (exact) mass is 181 g/mol. The van der Waals surface area contributed by atoms with E-state index < -0.39 is 0 Å². The summed E-state index contributed by atoms with van der Waals surface area (Å²) in [5.74, 6) is -0.191. The van der Waals surface area contributed by atoms with Gasteiger partial charge < -0.3 is 9.30 Å². The molecule has 1 rings (SSSR count). The molecule has 0 aliphatic carbocycles. The zero-order valence-electron chi connectivity index (χ0n) is 8.33. The van der Waals surface area contributed by atoms with Crippen LogP contribution in [0.1, 0.15) is 18.2 Å². The normalized spacial score (nSPS) is 10.1. The molecule has 0 saturated carbocycles. The fourth-order valence-corrected chi connectivity index (χ4v) is 1.27. The molecule has 0 bridgehead atoms. The Hall–Kier alpha value is -1.25. The second kappa shape index (κ2) is 4.12. The summed E-state index contributed by atoms with van der Waals surface area (Å²) >= 11 is 0. The van der Waals surface area contributed by atoms with Gasteiger partial charge in [0.2, 0.25) is 0 Å². The van der Waals surface area contributed by atoms with Crippen LogP contribution in [-0.2, 0) is 29.4 Å². The van der Waals surface area contributed by atoms with Crippen molar-refractivity contribution in [3.05, 3.63) is 23.5 Å².